The van der Waals surface area contributed by atoms with Crippen molar-refractivity contribution in [1.29, 1.82) is 0 Å². The molecule has 0 aromatic carbocycles. The van der Waals surface area contributed by atoms with Crippen molar-refractivity contribution < 1.29 is 4.79 Å². The smallest absolute Gasteiger partial charge is 0.239 e. The average molecular weight is 238 g/mol. The fourth-order valence-corrected chi connectivity index (χ4v) is 3.39. The van der Waals surface area contributed by atoms with Gasteiger partial charge in [0, 0.05) is 13.1 Å². The van der Waals surface area contributed by atoms with E-state index in [2.05, 4.69) is 24.1 Å². The van der Waals surface area contributed by atoms with E-state index < -0.39 is 0 Å². The molecule has 2 fully saturated rings. The molecule has 3 atom stereocenters. The van der Waals surface area contributed by atoms with E-state index in [4.69, 9.17) is 0 Å². The second-order valence-corrected chi connectivity index (χ2v) is 5.82. The molecule has 1 saturated heterocycles. The highest BCUT2D eigenvalue weighted by molar-refractivity contribution is 5.83. The Labute approximate surface area is 105 Å². The van der Waals surface area contributed by atoms with E-state index >= 15 is 0 Å². The molecule has 3 unspecified atom stereocenters. The number of amides is 1. The van der Waals surface area contributed by atoms with Gasteiger partial charge in [-0.15, -0.1) is 0 Å². The molecule has 1 aliphatic carbocycles. The van der Waals surface area contributed by atoms with E-state index in [0.717, 1.165) is 37.9 Å². The molecule has 2 rings (SSSR count). The molecule has 3 nitrogen and oxygen atoms in total. The minimum absolute atomic E-state index is 0.0982. The molecular formula is C14H26N2O. The summed E-state index contributed by atoms with van der Waals surface area (Å²) in [6, 6.07) is 0.0982. The van der Waals surface area contributed by atoms with Crippen LogP contribution in [0.3, 0.4) is 0 Å². The molecule has 2 aliphatic rings. The van der Waals surface area contributed by atoms with Crippen LogP contribution in [0.4, 0.5) is 0 Å². The van der Waals surface area contributed by atoms with Crippen molar-refractivity contribution in [3.05, 3.63) is 0 Å². The number of nitrogens with zero attached hydrogens (tertiary/aromatic N) is 1. The Kier molecular flexibility index (Phi) is 4.43. The van der Waals surface area contributed by atoms with Gasteiger partial charge in [-0.1, -0.05) is 26.7 Å². The van der Waals surface area contributed by atoms with Crippen LogP contribution in [0, 0.1) is 11.8 Å². The van der Waals surface area contributed by atoms with Gasteiger partial charge in [-0.05, 0) is 37.6 Å². The highest BCUT2D eigenvalue weighted by Crippen LogP contribution is 2.30. The van der Waals surface area contributed by atoms with Crippen LogP contribution in [-0.2, 0) is 4.79 Å². The zero-order valence-electron chi connectivity index (χ0n) is 11.2. The molecule has 1 heterocycles. The summed E-state index contributed by atoms with van der Waals surface area (Å²) in [5.74, 6) is 1.95. The average Bonchev–Trinajstić information content (AvgIpc) is 2.62. The molecule has 98 valence electrons. The zero-order chi connectivity index (χ0) is 12.3. The van der Waals surface area contributed by atoms with Crippen molar-refractivity contribution in [3.8, 4) is 0 Å². The van der Waals surface area contributed by atoms with Gasteiger partial charge in [0.15, 0.2) is 0 Å². The fourth-order valence-electron chi connectivity index (χ4n) is 3.39. The van der Waals surface area contributed by atoms with Gasteiger partial charge >= 0.3 is 0 Å². The van der Waals surface area contributed by atoms with Crippen LogP contribution in [0.1, 0.15) is 46.0 Å². The van der Waals surface area contributed by atoms with Crippen molar-refractivity contribution in [1.82, 2.24) is 10.2 Å². The van der Waals surface area contributed by atoms with Crippen LogP contribution in [0.25, 0.3) is 0 Å². The van der Waals surface area contributed by atoms with Crippen LogP contribution < -0.4 is 5.32 Å². The quantitative estimate of drug-likeness (QED) is 0.812. The van der Waals surface area contributed by atoms with Gasteiger partial charge in [0.1, 0.15) is 0 Å². The standard InChI is InChI=1S/C14H26N2O/c1-3-15-13-7-8-16(14(13)17)10-12-6-4-5-11(2)9-12/h11-13,15H,3-10H2,1-2H3. The first-order valence-corrected chi connectivity index (χ1v) is 7.23. The molecule has 0 radical (unpaired) electrons. The predicted molar refractivity (Wildman–Crippen MR) is 69.8 cm³/mol. The maximum Gasteiger partial charge on any atom is 0.239 e. The summed E-state index contributed by atoms with van der Waals surface area (Å²) >= 11 is 0. The van der Waals surface area contributed by atoms with Crippen LogP contribution >= 0.6 is 0 Å². The molecule has 1 amide bonds. The lowest BCUT2D eigenvalue weighted by atomic mass is 9.82. The predicted octanol–water partition coefficient (Wildman–Crippen LogP) is 2.02. The first-order valence-electron chi connectivity index (χ1n) is 7.23. The minimum Gasteiger partial charge on any atom is -0.341 e. The summed E-state index contributed by atoms with van der Waals surface area (Å²) in [7, 11) is 0. The molecule has 1 aliphatic heterocycles. The molecule has 0 bridgehead atoms. The lowest BCUT2D eigenvalue weighted by Gasteiger charge is -2.30. The van der Waals surface area contributed by atoms with E-state index in [1.165, 1.54) is 25.7 Å². The Morgan fingerprint density at radius 3 is 2.88 bits per heavy atom. The first-order chi connectivity index (χ1) is 8.20. The first kappa shape index (κ1) is 12.9. The fraction of sp³-hybridized carbons (Fsp3) is 0.929. The van der Waals surface area contributed by atoms with E-state index in [9.17, 15) is 4.79 Å². The molecule has 1 saturated carbocycles. The lowest BCUT2D eigenvalue weighted by molar-refractivity contribution is -0.130. The van der Waals surface area contributed by atoms with E-state index in [1.807, 2.05) is 0 Å². The number of nitrogens with one attached hydrogen (secondary N) is 1. The number of carbonyl (C=O) groups is 1. The molecular weight excluding hydrogens is 212 g/mol. The van der Waals surface area contributed by atoms with Gasteiger partial charge < -0.3 is 10.2 Å². The van der Waals surface area contributed by atoms with E-state index in [0.29, 0.717) is 5.91 Å². The van der Waals surface area contributed by atoms with Gasteiger partial charge in [-0.25, -0.2) is 0 Å². The van der Waals surface area contributed by atoms with Gasteiger partial charge in [-0.3, -0.25) is 4.79 Å². The second-order valence-electron chi connectivity index (χ2n) is 5.82. The summed E-state index contributed by atoms with van der Waals surface area (Å²) in [6.45, 7) is 7.27. The third kappa shape index (κ3) is 3.21. The third-order valence-corrected chi connectivity index (χ3v) is 4.27. The summed E-state index contributed by atoms with van der Waals surface area (Å²) < 4.78 is 0. The molecule has 17 heavy (non-hydrogen) atoms. The maximum atomic E-state index is 12.1. The molecule has 0 aromatic rings. The number of hydrogen-bond acceptors (Lipinski definition) is 2. The molecule has 1 N–H and O–H groups in total. The third-order valence-electron chi connectivity index (χ3n) is 4.27. The van der Waals surface area contributed by atoms with Gasteiger partial charge in [0.05, 0.1) is 6.04 Å². The van der Waals surface area contributed by atoms with Gasteiger partial charge in [-0.2, -0.15) is 0 Å². The van der Waals surface area contributed by atoms with Crippen molar-refractivity contribution in [3.63, 3.8) is 0 Å². The summed E-state index contributed by atoms with van der Waals surface area (Å²) in [6.07, 6.45) is 6.36. The van der Waals surface area contributed by atoms with Gasteiger partial charge in [0.2, 0.25) is 5.91 Å². The number of rotatable bonds is 4. The molecule has 0 spiro atoms. The monoisotopic (exact) mass is 238 g/mol. The summed E-state index contributed by atoms with van der Waals surface area (Å²) in [5, 5.41) is 3.28. The Hall–Kier alpha value is -0.570. The topological polar surface area (TPSA) is 32.3 Å². The minimum atomic E-state index is 0.0982. The normalized spacial score (nSPS) is 34.4. The second kappa shape index (κ2) is 5.85. The Bertz CT molecular complexity index is 267. The number of carbonyl (C=O) groups excluding carboxylic acids is 1. The van der Waals surface area contributed by atoms with Gasteiger partial charge in [0.25, 0.3) is 0 Å². The number of likely N-dealkylation sites (tertiary alicyclic amines) is 1. The summed E-state index contributed by atoms with van der Waals surface area (Å²) in [5.41, 5.74) is 0. The van der Waals surface area contributed by atoms with Crippen LogP contribution in [0.15, 0.2) is 0 Å². The molecule has 3 heteroatoms. The van der Waals surface area contributed by atoms with Crippen LogP contribution in [-0.4, -0.2) is 36.5 Å². The largest absolute Gasteiger partial charge is 0.341 e. The Morgan fingerprint density at radius 2 is 2.18 bits per heavy atom. The molecule has 0 aromatic heterocycles. The maximum absolute atomic E-state index is 12.1. The Morgan fingerprint density at radius 1 is 1.35 bits per heavy atom. The number of hydrogen-bond donors (Lipinski definition) is 1. The zero-order valence-corrected chi connectivity index (χ0v) is 11.2. The van der Waals surface area contributed by atoms with Crippen molar-refractivity contribution in [2.75, 3.05) is 19.6 Å². The lowest BCUT2D eigenvalue weighted by Crippen LogP contribution is -2.40. The van der Waals surface area contributed by atoms with Crippen LogP contribution in [0.2, 0.25) is 0 Å². The SMILES string of the molecule is CCNC1CCN(CC2CCCC(C)C2)C1=O. The van der Waals surface area contributed by atoms with E-state index in [1.54, 1.807) is 0 Å². The number of likely N-dealkylation sites (N-methyl/N-ethyl adjacent to an activating group) is 1. The van der Waals surface area contributed by atoms with Crippen molar-refractivity contribution in [2.45, 2.75) is 52.0 Å². The Balaban J connectivity index is 1.81. The van der Waals surface area contributed by atoms with Crippen molar-refractivity contribution >= 4 is 5.91 Å². The van der Waals surface area contributed by atoms with Crippen LogP contribution in [0.5, 0.6) is 0 Å². The summed E-state index contributed by atoms with van der Waals surface area (Å²) in [4.78, 5) is 14.2. The highest BCUT2D eigenvalue weighted by Gasteiger charge is 2.32. The van der Waals surface area contributed by atoms with Crippen molar-refractivity contribution in [2.24, 2.45) is 11.8 Å². The highest BCUT2D eigenvalue weighted by atomic mass is 16.2. The van der Waals surface area contributed by atoms with E-state index in [-0.39, 0.29) is 6.04 Å².